The fourth-order valence-corrected chi connectivity index (χ4v) is 3.53. The van der Waals surface area contributed by atoms with E-state index >= 15 is 0 Å². The van der Waals surface area contributed by atoms with Gasteiger partial charge in [-0.25, -0.2) is 0 Å². The number of aliphatic carboxylic acids is 1. The maximum Gasteiger partial charge on any atom is 0.317 e. The Morgan fingerprint density at radius 3 is 2.84 bits per heavy atom. The number of fused-ring (bicyclic) bond motifs is 1. The highest BCUT2D eigenvalue weighted by molar-refractivity contribution is 5.83. The molecule has 0 aliphatic carbocycles. The van der Waals surface area contributed by atoms with Crippen LogP contribution in [-0.4, -0.2) is 66.8 Å². The Balaban J connectivity index is 1.66. The molecule has 1 saturated heterocycles. The number of hydrogen-bond acceptors (Lipinski definition) is 4. The van der Waals surface area contributed by atoms with Crippen LogP contribution < -0.4 is 0 Å². The van der Waals surface area contributed by atoms with Crippen molar-refractivity contribution in [2.24, 2.45) is 0 Å². The van der Waals surface area contributed by atoms with E-state index in [0.29, 0.717) is 19.2 Å². The molecule has 1 aliphatic heterocycles. The molecule has 0 spiro atoms. The smallest absolute Gasteiger partial charge is 0.317 e. The lowest BCUT2D eigenvalue weighted by Crippen LogP contribution is -2.48. The predicted molar refractivity (Wildman–Crippen MR) is 98.8 cm³/mol. The zero-order chi connectivity index (χ0) is 17.8. The molecule has 134 valence electrons. The van der Waals surface area contributed by atoms with Crippen molar-refractivity contribution < 1.29 is 14.6 Å². The first-order valence-corrected chi connectivity index (χ1v) is 8.77. The van der Waals surface area contributed by atoms with Gasteiger partial charge >= 0.3 is 5.97 Å². The van der Waals surface area contributed by atoms with Gasteiger partial charge in [-0.3, -0.25) is 14.6 Å². The van der Waals surface area contributed by atoms with E-state index in [-0.39, 0.29) is 12.6 Å². The highest BCUT2D eigenvalue weighted by Crippen LogP contribution is 2.26. The highest BCUT2D eigenvalue weighted by atomic mass is 16.5. The second kappa shape index (κ2) is 7.95. The number of hydrogen-bond donors (Lipinski definition) is 1. The van der Waals surface area contributed by atoms with E-state index in [1.165, 1.54) is 16.3 Å². The normalized spacial score (nSPS) is 20.0. The molecule has 1 heterocycles. The number of carbonyl (C=O) groups is 1. The van der Waals surface area contributed by atoms with Gasteiger partial charge in [0.05, 0.1) is 19.3 Å². The molecule has 0 saturated carbocycles. The van der Waals surface area contributed by atoms with E-state index in [9.17, 15) is 4.79 Å². The number of carboxylic acid groups (broad SMARTS) is 1. The minimum Gasteiger partial charge on any atom is -0.480 e. The van der Waals surface area contributed by atoms with Crippen LogP contribution in [0.1, 0.15) is 18.5 Å². The first kappa shape index (κ1) is 17.9. The van der Waals surface area contributed by atoms with Crippen LogP contribution in [0.2, 0.25) is 0 Å². The molecule has 2 unspecified atom stereocenters. The van der Waals surface area contributed by atoms with Crippen LogP contribution in [0, 0.1) is 0 Å². The molecule has 3 rings (SSSR count). The Morgan fingerprint density at radius 2 is 2.08 bits per heavy atom. The van der Waals surface area contributed by atoms with E-state index < -0.39 is 5.97 Å². The fourth-order valence-electron chi connectivity index (χ4n) is 3.53. The Morgan fingerprint density at radius 1 is 1.32 bits per heavy atom. The molecule has 1 fully saturated rings. The Labute approximate surface area is 148 Å². The predicted octanol–water partition coefficient (Wildman–Crippen LogP) is 2.62. The highest BCUT2D eigenvalue weighted by Gasteiger charge is 2.26. The van der Waals surface area contributed by atoms with Crippen LogP contribution in [0.25, 0.3) is 10.8 Å². The topological polar surface area (TPSA) is 53.0 Å². The van der Waals surface area contributed by atoms with Gasteiger partial charge in [0, 0.05) is 25.7 Å². The molecule has 2 aromatic rings. The number of likely N-dealkylation sites (N-methyl/N-ethyl adjacent to an activating group) is 1. The summed E-state index contributed by atoms with van der Waals surface area (Å²) in [5.41, 5.74) is 1.30. The second-order valence-corrected chi connectivity index (χ2v) is 6.86. The van der Waals surface area contributed by atoms with Crippen molar-refractivity contribution in [1.82, 2.24) is 9.80 Å². The van der Waals surface area contributed by atoms with Crippen molar-refractivity contribution in [3.8, 4) is 0 Å². The van der Waals surface area contributed by atoms with Gasteiger partial charge in [-0.15, -0.1) is 0 Å². The molecular formula is C20H26N2O3. The zero-order valence-corrected chi connectivity index (χ0v) is 14.9. The van der Waals surface area contributed by atoms with Crippen molar-refractivity contribution in [1.29, 1.82) is 0 Å². The quantitative estimate of drug-likeness (QED) is 0.875. The maximum atomic E-state index is 10.8. The van der Waals surface area contributed by atoms with Crippen LogP contribution in [-0.2, 0) is 9.53 Å². The van der Waals surface area contributed by atoms with Gasteiger partial charge in [-0.05, 0) is 36.4 Å². The summed E-state index contributed by atoms with van der Waals surface area (Å²) in [6, 6.07) is 15.4. The second-order valence-electron chi connectivity index (χ2n) is 6.86. The average Bonchev–Trinajstić information content (AvgIpc) is 2.60. The molecule has 0 radical (unpaired) electrons. The molecule has 5 nitrogen and oxygen atoms in total. The SMILES string of the molecule is CC(c1ccc2ccccc2c1)N1CCOC(CN(C)CC(=O)O)C1. The van der Waals surface area contributed by atoms with Crippen molar-refractivity contribution >= 4 is 16.7 Å². The van der Waals surface area contributed by atoms with E-state index in [0.717, 1.165) is 13.1 Å². The molecular weight excluding hydrogens is 316 g/mol. The average molecular weight is 342 g/mol. The van der Waals surface area contributed by atoms with Gasteiger partial charge in [0.1, 0.15) is 0 Å². The standard InChI is InChI=1S/C20H26N2O3/c1-15(17-8-7-16-5-3-4-6-18(16)11-17)22-9-10-25-19(13-22)12-21(2)14-20(23)24/h3-8,11,15,19H,9-10,12-14H2,1-2H3,(H,23,24). The summed E-state index contributed by atoms with van der Waals surface area (Å²) in [4.78, 5) is 15.0. The Hall–Kier alpha value is -1.95. The molecule has 25 heavy (non-hydrogen) atoms. The Kier molecular flexibility index (Phi) is 5.68. The van der Waals surface area contributed by atoms with Crippen molar-refractivity contribution in [2.75, 3.05) is 39.8 Å². The number of morpholine rings is 1. The van der Waals surface area contributed by atoms with Crippen LogP contribution >= 0.6 is 0 Å². The van der Waals surface area contributed by atoms with Crippen molar-refractivity contribution in [3.63, 3.8) is 0 Å². The summed E-state index contributed by atoms with van der Waals surface area (Å²) < 4.78 is 5.84. The fraction of sp³-hybridized carbons (Fsp3) is 0.450. The van der Waals surface area contributed by atoms with E-state index in [4.69, 9.17) is 9.84 Å². The van der Waals surface area contributed by atoms with Crippen molar-refractivity contribution in [2.45, 2.75) is 19.1 Å². The lowest BCUT2D eigenvalue weighted by Gasteiger charge is -2.38. The summed E-state index contributed by atoms with van der Waals surface area (Å²) in [5.74, 6) is -0.806. The van der Waals surface area contributed by atoms with Gasteiger partial charge in [0.15, 0.2) is 0 Å². The third-order valence-electron chi connectivity index (χ3n) is 4.89. The number of rotatable bonds is 6. The molecule has 5 heteroatoms. The molecule has 1 aliphatic rings. The van der Waals surface area contributed by atoms with Gasteiger partial charge in [-0.1, -0.05) is 36.4 Å². The molecule has 0 amide bonds. The molecule has 0 bridgehead atoms. The molecule has 2 atom stereocenters. The van der Waals surface area contributed by atoms with Gasteiger partial charge in [0.25, 0.3) is 0 Å². The van der Waals surface area contributed by atoms with Crippen LogP contribution in [0.15, 0.2) is 42.5 Å². The summed E-state index contributed by atoms with van der Waals surface area (Å²) >= 11 is 0. The lowest BCUT2D eigenvalue weighted by molar-refractivity contribution is -0.138. The third kappa shape index (κ3) is 4.57. The number of ether oxygens (including phenoxy) is 1. The summed E-state index contributed by atoms with van der Waals surface area (Å²) in [7, 11) is 1.82. The summed E-state index contributed by atoms with van der Waals surface area (Å²) in [6.45, 7) is 5.30. The van der Waals surface area contributed by atoms with Crippen LogP contribution in [0.4, 0.5) is 0 Å². The molecule has 0 aromatic heterocycles. The minimum absolute atomic E-state index is 0.0418. The third-order valence-corrected chi connectivity index (χ3v) is 4.89. The van der Waals surface area contributed by atoms with Crippen LogP contribution in [0.5, 0.6) is 0 Å². The van der Waals surface area contributed by atoms with Gasteiger partial charge in [0.2, 0.25) is 0 Å². The number of carboxylic acids is 1. The Bertz CT molecular complexity index is 734. The van der Waals surface area contributed by atoms with E-state index in [2.05, 4.69) is 54.3 Å². The maximum absolute atomic E-state index is 10.8. The van der Waals surface area contributed by atoms with E-state index in [1.807, 2.05) is 7.05 Å². The molecule has 1 N–H and O–H groups in total. The van der Waals surface area contributed by atoms with Crippen LogP contribution in [0.3, 0.4) is 0 Å². The first-order valence-electron chi connectivity index (χ1n) is 8.77. The number of benzene rings is 2. The minimum atomic E-state index is -0.806. The number of nitrogens with zero attached hydrogens (tertiary/aromatic N) is 2. The van der Waals surface area contributed by atoms with Gasteiger partial charge < -0.3 is 9.84 Å². The molecule has 2 aromatic carbocycles. The zero-order valence-electron chi connectivity index (χ0n) is 14.9. The summed E-state index contributed by atoms with van der Waals surface area (Å²) in [6.07, 6.45) is 0.0426. The van der Waals surface area contributed by atoms with Crippen molar-refractivity contribution in [3.05, 3.63) is 48.0 Å². The first-order chi connectivity index (χ1) is 12.0. The monoisotopic (exact) mass is 342 g/mol. The van der Waals surface area contributed by atoms with E-state index in [1.54, 1.807) is 4.90 Å². The summed E-state index contributed by atoms with van der Waals surface area (Å²) in [5, 5.41) is 11.4. The lowest BCUT2D eigenvalue weighted by atomic mass is 10.0. The van der Waals surface area contributed by atoms with Gasteiger partial charge in [-0.2, -0.15) is 0 Å². The largest absolute Gasteiger partial charge is 0.480 e.